The van der Waals surface area contributed by atoms with E-state index in [-0.39, 0.29) is 0 Å². The molecule has 1 unspecified atom stereocenters. The second-order valence-electron chi connectivity index (χ2n) is 5.63. The first-order valence-electron chi connectivity index (χ1n) is 6.67. The van der Waals surface area contributed by atoms with Crippen LogP contribution in [0.1, 0.15) is 19.8 Å². The van der Waals surface area contributed by atoms with Gasteiger partial charge in [0.05, 0.1) is 11.1 Å². The molecular weight excluding hydrogens is 238 g/mol. The van der Waals surface area contributed by atoms with Crippen LogP contribution < -0.4 is 10.6 Å². The first-order valence-corrected chi connectivity index (χ1v) is 6.67. The van der Waals surface area contributed by atoms with E-state index in [9.17, 15) is 5.11 Å². The third-order valence-corrected chi connectivity index (χ3v) is 3.76. The van der Waals surface area contributed by atoms with Crippen molar-refractivity contribution in [3.05, 3.63) is 30.5 Å². The lowest BCUT2D eigenvalue weighted by Crippen LogP contribution is -2.46. The van der Waals surface area contributed by atoms with Crippen molar-refractivity contribution in [2.24, 2.45) is 0 Å². The maximum Gasteiger partial charge on any atom is 0.0794 e. The number of β-amino-alcohol motifs (C(OH)–C–C–N with tert-alkyl or cyclic N) is 1. The fraction of sp³-hybridized carbons (Fsp3) is 0.400. The Morgan fingerprint density at radius 2 is 2.21 bits per heavy atom. The summed E-state index contributed by atoms with van der Waals surface area (Å²) in [6, 6.07) is 7.81. The number of nitrogen functional groups attached to an aromatic ring is 1. The first-order chi connectivity index (χ1) is 9.05. The van der Waals surface area contributed by atoms with Gasteiger partial charge in [0.1, 0.15) is 0 Å². The van der Waals surface area contributed by atoms with E-state index in [4.69, 9.17) is 5.73 Å². The zero-order valence-corrected chi connectivity index (χ0v) is 11.1. The smallest absolute Gasteiger partial charge is 0.0794 e. The third kappa shape index (κ3) is 2.36. The minimum absolute atomic E-state index is 0.609. The summed E-state index contributed by atoms with van der Waals surface area (Å²) in [6.07, 6.45) is 3.67. The normalized spacial score (nSPS) is 23.8. The second-order valence-corrected chi connectivity index (χ2v) is 5.63. The van der Waals surface area contributed by atoms with Gasteiger partial charge in [-0.05, 0) is 44.0 Å². The largest absolute Gasteiger partial charge is 0.399 e. The van der Waals surface area contributed by atoms with Crippen molar-refractivity contribution in [2.45, 2.75) is 25.4 Å². The molecule has 1 aliphatic rings. The number of anilines is 2. The highest BCUT2D eigenvalue weighted by Crippen LogP contribution is 2.31. The molecule has 1 fully saturated rings. The summed E-state index contributed by atoms with van der Waals surface area (Å²) >= 11 is 0. The van der Waals surface area contributed by atoms with Gasteiger partial charge >= 0.3 is 0 Å². The Kier molecular flexibility index (Phi) is 2.82. The van der Waals surface area contributed by atoms with Gasteiger partial charge in [-0.2, -0.15) is 0 Å². The van der Waals surface area contributed by atoms with Crippen molar-refractivity contribution in [3.8, 4) is 0 Å². The molecule has 0 bridgehead atoms. The minimum Gasteiger partial charge on any atom is -0.399 e. The average molecular weight is 257 g/mol. The molecular formula is C15H19N3O. The summed E-state index contributed by atoms with van der Waals surface area (Å²) in [5.74, 6) is 0. The molecule has 2 aromatic rings. The molecule has 0 saturated carbocycles. The molecule has 0 aliphatic carbocycles. The Morgan fingerprint density at radius 3 is 3.00 bits per heavy atom. The number of hydrogen-bond acceptors (Lipinski definition) is 4. The number of rotatable bonds is 1. The summed E-state index contributed by atoms with van der Waals surface area (Å²) in [7, 11) is 0. The first kappa shape index (κ1) is 12.2. The predicted molar refractivity (Wildman–Crippen MR) is 78.2 cm³/mol. The third-order valence-electron chi connectivity index (χ3n) is 3.76. The number of nitrogens with zero attached hydrogens (tertiary/aromatic N) is 2. The standard InChI is InChI=1S/C15H19N3O/c1-15(19)6-2-8-18(10-15)14-5-7-17-13-9-11(16)3-4-12(13)14/h3-5,7,9,19H,2,6,8,10,16H2,1H3. The summed E-state index contributed by atoms with van der Waals surface area (Å²) in [6.45, 7) is 3.54. The quantitative estimate of drug-likeness (QED) is 0.769. The number of aliphatic hydroxyl groups is 1. The molecule has 3 rings (SSSR count). The van der Waals surface area contributed by atoms with Crippen LogP contribution in [0, 0.1) is 0 Å². The van der Waals surface area contributed by atoms with Crippen LogP contribution in [0.4, 0.5) is 11.4 Å². The van der Waals surface area contributed by atoms with Crippen molar-refractivity contribution in [3.63, 3.8) is 0 Å². The SMILES string of the molecule is CC1(O)CCCN(c2ccnc3cc(N)ccc23)C1. The Morgan fingerprint density at radius 1 is 1.37 bits per heavy atom. The van der Waals surface area contributed by atoms with E-state index in [2.05, 4.69) is 9.88 Å². The lowest BCUT2D eigenvalue weighted by molar-refractivity contribution is 0.0450. The van der Waals surface area contributed by atoms with Gasteiger partial charge in [-0.25, -0.2) is 0 Å². The maximum atomic E-state index is 10.2. The van der Waals surface area contributed by atoms with Crippen LogP contribution in [0.5, 0.6) is 0 Å². The van der Waals surface area contributed by atoms with E-state index < -0.39 is 5.60 Å². The Bertz CT molecular complexity index is 609. The van der Waals surface area contributed by atoms with Gasteiger partial charge in [0.15, 0.2) is 0 Å². The number of fused-ring (bicyclic) bond motifs is 1. The zero-order chi connectivity index (χ0) is 13.5. The Hall–Kier alpha value is -1.81. The second kappa shape index (κ2) is 4.38. The van der Waals surface area contributed by atoms with Gasteiger partial charge in [-0.1, -0.05) is 0 Å². The molecule has 100 valence electrons. The lowest BCUT2D eigenvalue weighted by atomic mass is 9.94. The van der Waals surface area contributed by atoms with Crippen molar-refractivity contribution < 1.29 is 5.11 Å². The van der Waals surface area contributed by atoms with Crippen LogP contribution in [-0.2, 0) is 0 Å². The van der Waals surface area contributed by atoms with Crippen LogP contribution in [0.2, 0.25) is 0 Å². The van der Waals surface area contributed by atoms with Gasteiger partial charge < -0.3 is 15.7 Å². The number of pyridine rings is 1. The highest BCUT2D eigenvalue weighted by molar-refractivity contribution is 5.93. The fourth-order valence-corrected chi connectivity index (χ4v) is 2.85. The molecule has 3 N–H and O–H groups in total. The van der Waals surface area contributed by atoms with E-state index in [1.54, 1.807) is 6.20 Å². The van der Waals surface area contributed by atoms with Crippen molar-refractivity contribution >= 4 is 22.3 Å². The monoisotopic (exact) mass is 257 g/mol. The van der Waals surface area contributed by atoms with E-state index in [0.29, 0.717) is 6.54 Å². The molecule has 1 aromatic carbocycles. The average Bonchev–Trinajstić information content (AvgIpc) is 2.36. The van der Waals surface area contributed by atoms with Crippen molar-refractivity contribution in [1.29, 1.82) is 0 Å². The molecule has 0 radical (unpaired) electrons. The van der Waals surface area contributed by atoms with Gasteiger partial charge in [0, 0.05) is 36.0 Å². The van der Waals surface area contributed by atoms with E-state index in [1.165, 1.54) is 0 Å². The molecule has 4 nitrogen and oxygen atoms in total. The number of benzene rings is 1. The highest BCUT2D eigenvalue weighted by Gasteiger charge is 2.29. The van der Waals surface area contributed by atoms with Gasteiger partial charge in [-0.3, -0.25) is 4.98 Å². The summed E-state index contributed by atoms with van der Waals surface area (Å²) in [4.78, 5) is 6.60. The number of aromatic nitrogens is 1. The highest BCUT2D eigenvalue weighted by atomic mass is 16.3. The summed E-state index contributed by atoms with van der Waals surface area (Å²) in [5.41, 5.74) is 7.95. The minimum atomic E-state index is -0.609. The van der Waals surface area contributed by atoms with Gasteiger partial charge in [-0.15, -0.1) is 0 Å². The molecule has 1 atom stereocenters. The summed E-state index contributed by atoms with van der Waals surface area (Å²) < 4.78 is 0. The Labute approximate surface area is 112 Å². The number of hydrogen-bond donors (Lipinski definition) is 2. The maximum absolute atomic E-state index is 10.2. The predicted octanol–water partition coefficient (Wildman–Crippen LogP) is 2.17. The number of nitrogens with two attached hydrogens (primary N) is 1. The molecule has 1 aromatic heterocycles. The Balaban J connectivity index is 2.05. The van der Waals surface area contributed by atoms with Crippen LogP contribution >= 0.6 is 0 Å². The molecule has 1 saturated heterocycles. The van der Waals surface area contributed by atoms with Crippen LogP contribution in [0.15, 0.2) is 30.5 Å². The molecule has 19 heavy (non-hydrogen) atoms. The van der Waals surface area contributed by atoms with Crippen molar-refractivity contribution in [2.75, 3.05) is 23.7 Å². The van der Waals surface area contributed by atoms with Crippen LogP contribution in [0.25, 0.3) is 10.9 Å². The molecule has 1 aliphatic heterocycles. The number of piperidine rings is 1. The fourth-order valence-electron chi connectivity index (χ4n) is 2.85. The zero-order valence-electron chi connectivity index (χ0n) is 11.1. The van der Waals surface area contributed by atoms with Gasteiger partial charge in [0.25, 0.3) is 0 Å². The summed E-state index contributed by atoms with van der Waals surface area (Å²) in [5, 5.41) is 11.3. The molecule has 0 spiro atoms. The lowest BCUT2D eigenvalue weighted by Gasteiger charge is -2.38. The van der Waals surface area contributed by atoms with Crippen molar-refractivity contribution in [1.82, 2.24) is 4.98 Å². The van der Waals surface area contributed by atoms with E-state index in [0.717, 1.165) is 41.7 Å². The topological polar surface area (TPSA) is 62.4 Å². The van der Waals surface area contributed by atoms with E-state index >= 15 is 0 Å². The van der Waals surface area contributed by atoms with E-state index in [1.807, 2.05) is 31.2 Å². The molecule has 0 amide bonds. The molecule has 4 heteroatoms. The molecule has 2 heterocycles. The van der Waals surface area contributed by atoms with Crippen LogP contribution in [0.3, 0.4) is 0 Å². The van der Waals surface area contributed by atoms with Crippen LogP contribution in [-0.4, -0.2) is 28.8 Å². The van der Waals surface area contributed by atoms with Gasteiger partial charge in [0.2, 0.25) is 0 Å².